The number of nitrogens with one attached hydrogen (secondary N) is 1. The van der Waals surface area contributed by atoms with Gasteiger partial charge in [0.25, 0.3) is 0 Å². The third-order valence-corrected chi connectivity index (χ3v) is 3.65. The molecule has 1 aromatic carbocycles. The summed E-state index contributed by atoms with van der Waals surface area (Å²) in [6.45, 7) is 7.35. The number of benzene rings is 1. The predicted octanol–water partition coefficient (Wildman–Crippen LogP) is 4.44. The van der Waals surface area contributed by atoms with Gasteiger partial charge in [-0.15, -0.1) is 0 Å². The van der Waals surface area contributed by atoms with Crippen LogP contribution in [-0.2, 0) is 0 Å². The zero-order chi connectivity index (χ0) is 12.4. The van der Waals surface area contributed by atoms with Crippen molar-refractivity contribution in [3.8, 4) is 0 Å². The molecular formula is C14H17BrN2. The third-order valence-electron chi connectivity index (χ3n) is 3.01. The fourth-order valence-electron chi connectivity index (χ4n) is 1.94. The second kappa shape index (κ2) is 5.05. The molecule has 0 radical (unpaired) electrons. The summed E-state index contributed by atoms with van der Waals surface area (Å²) in [6, 6.07) is 6.21. The van der Waals surface area contributed by atoms with Crippen molar-refractivity contribution in [3.05, 3.63) is 33.9 Å². The SMILES string of the molecule is CCCNc1c(C)c(C)nc2c(Br)cccc12. The Kier molecular flexibility index (Phi) is 3.67. The number of aryl methyl sites for hydroxylation is 1. The van der Waals surface area contributed by atoms with E-state index in [-0.39, 0.29) is 0 Å². The van der Waals surface area contributed by atoms with Gasteiger partial charge >= 0.3 is 0 Å². The second-order valence-electron chi connectivity index (χ2n) is 4.26. The van der Waals surface area contributed by atoms with E-state index in [1.54, 1.807) is 0 Å². The fourth-order valence-corrected chi connectivity index (χ4v) is 2.40. The van der Waals surface area contributed by atoms with Gasteiger partial charge in [-0.3, -0.25) is 4.98 Å². The number of rotatable bonds is 3. The van der Waals surface area contributed by atoms with Gasteiger partial charge in [0.05, 0.1) is 5.52 Å². The number of hydrogen-bond donors (Lipinski definition) is 1. The van der Waals surface area contributed by atoms with Crippen LogP contribution in [-0.4, -0.2) is 11.5 Å². The van der Waals surface area contributed by atoms with Crippen molar-refractivity contribution < 1.29 is 0 Å². The predicted molar refractivity (Wildman–Crippen MR) is 77.7 cm³/mol. The molecule has 1 aromatic heterocycles. The van der Waals surface area contributed by atoms with Gasteiger partial charge < -0.3 is 5.32 Å². The average molecular weight is 293 g/mol. The average Bonchev–Trinajstić information content (AvgIpc) is 2.31. The molecule has 0 saturated carbocycles. The quantitative estimate of drug-likeness (QED) is 0.905. The maximum Gasteiger partial charge on any atom is 0.0868 e. The zero-order valence-electron chi connectivity index (χ0n) is 10.5. The number of hydrogen-bond acceptors (Lipinski definition) is 2. The van der Waals surface area contributed by atoms with Crippen molar-refractivity contribution in [2.75, 3.05) is 11.9 Å². The molecule has 3 heteroatoms. The lowest BCUT2D eigenvalue weighted by Gasteiger charge is -2.14. The van der Waals surface area contributed by atoms with Gasteiger partial charge in [0.1, 0.15) is 0 Å². The number of nitrogens with zero attached hydrogens (tertiary/aromatic N) is 1. The second-order valence-corrected chi connectivity index (χ2v) is 5.11. The number of pyridine rings is 1. The minimum atomic E-state index is 0.992. The van der Waals surface area contributed by atoms with Crippen LogP contribution in [0.4, 0.5) is 5.69 Å². The normalized spacial score (nSPS) is 10.8. The number of anilines is 1. The highest BCUT2D eigenvalue weighted by Crippen LogP contribution is 2.31. The maximum absolute atomic E-state index is 4.66. The lowest BCUT2D eigenvalue weighted by molar-refractivity contribution is 0.977. The van der Waals surface area contributed by atoms with Gasteiger partial charge in [0.15, 0.2) is 0 Å². The van der Waals surface area contributed by atoms with Crippen molar-refractivity contribution in [2.24, 2.45) is 0 Å². The minimum absolute atomic E-state index is 0.992. The van der Waals surface area contributed by atoms with E-state index in [1.165, 1.54) is 16.6 Å². The number of fused-ring (bicyclic) bond motifs is 1. The molecule has 0 bridgehead atoms. The van der Waals surface area contributed by atoms with Crippen LogP contribution in [0, 0.1) is 13.8 Å². The smallest absolute Gasteiger partial charge is 0.0868 e. The molecule has 0 fully saturated rings. The van der Waals surface area contributed by atoms with Crippen molar-refractivity contribution >= 4 is 32.5 Å². The summed E-state index contributed by atoms with van der Waals surface area (Å²) < 4.78 is 1.05. The number of para-hydroxylation sites is 1. The Hall–Kier alpha value is -1.09. The summed E-state index contributed by atoms with van der Waals surface area (Å²) in [5.74, 6) is 0. The minimum Gasteiger partial charge on any atom is -0.384 e. The van der Waals surface area contributed by atoms with E-state index in [0.717, 1.165) is 28.6 Å². The van der Waals surface area contributed by atoms with Crippen LogP contribution in [0.15, 0.2) is 22.7 Å². The molecule has 0 saturated heterocycles. The van der Waals surface area contributed by atoms with Gasteiger partial charge in [0, 0.05) is 27.8 Å². The first-order valence-electron chi connectivity index (χ1n) is 5.94. The Bertz CT molecular complexity index is 549. The Morgan fingerprint density at radius 1 is 1.29 bits per heavy atom. The molecule has 2 aromatic rings. The topological polar surface area (TPSA) is 24.9 Å². The molecule has 0 amide bonds. The Morgan fingerprint density at radius 2 is 2.06 bits per heavy atom. The van der Waals surface area contributed by atoms with Crippen molar-refractivity contribution in [2.45, 2.75) is 27.2 Å². The highest BCUT2D eigenvalue weighted by atomic mass is 79.9. The lowest BCUT2D eigenvalue weighted by Crippen LogP contribution is -2.04. The van der Waals surface area contributed by atoms with Crippen LogP contribution >= 0.6 is 15.9 Å². The van der Waals surface area contributed by atoms with Crippen LogP contribution in [0.5, 0.6) is 0 Å². The van der Waals surface area contributed by atoms with Gasteiger partial charge in [0.2, 0.25) is 0 Å². The number of halogens is 1. The first kappa shape index (κ1) is 12.4. The first-order chi connectivity index (χ1) is 8.15. The van der Waals surface area contributed by atoms with Crippen molar-refractivity contribution in [3.63, 3.8) is 0 Å². The molecule has 0 aliphatic heterocycles. The van der Waals surface area contributed by atoms with E-state index < -0.39 is 0 Å². The number of aromatic nitrogens is 1. The molecule has 2 nitrogen and oxygen atoms in total. The molecule has 0 spiro atoms. The van der Waals surface area contributed by atoms with Crippen LogP contribution in [0.2, 0.25) is 0 Å². The van der Waals surface area contributed by atoms with Gasteiger partial charge in [-0.2, -0.15) is 0 Å². The first-order valence-corrected chi connectivity index (χ1v) is 6.73. The standard InChI is InChI=1S/C14H17BrN2/c1-4-8-16-13-9(2)10(3)17-14-11(13)6-5-7-12(14)15/h5-7H,4,8H2,1-3H3,(H,16,17). The maximum atomic E-state index is 4.66. The largest absolute Gasteiger partial charge is 0.384 e. The molecule has 0 unspecified atom stereocenters. The third kappa shape index (κ3) is 2.29. The summed E-state index contributed by atoms with van der Waals surface area (Å²) in [4.78, 5) is 4.66. The van der Waals surface area contributed by atoms with E-state index in [2.05, 4.69) is 59.1 Å². The summed E-state index contributed by atoms with van der Waals surface area (Å²) in [5.41, 5.74) is 4.58. The molecule has 1 heterocycles. The van der Waals surface area contributed by atoms with Crippen LogP contribution in [0.25, 0.3) is 10.9 Å². The Balaban J connectivity index is 2.69. The van der Waals surface area contributed by atoms with E-state index in [9.17, 15) is 0 Å². The van der Waals surface area contributed by atoms with Crippen molar-refractivity contribution in [1.29, 1.82) is 0 Å². The molecule has 17 heavy (non-hydrogen) atoms. The van der Waals surface area contributed by atoms with E-state index >= 15 is 0 Å². The molecule has 2 rings (SSSR count). The molecule has 1 N–H and O–H groups in total. The van der Waals surface area contributed by atoms with Crippen molar-refractivity contribution in [1.82, 2.24) is 4.98 Å². The molecular weight excluding hydrogens is 276 g/mol. The van der Waals surface area contributed by atoms with Gasteiger partial charge in [-0.25, -0.2) is 0 Å². The fraction of sp³-hybridized carbons (Fsp3) is 0.357. The summed E-state index contributed by atoms with van der Waals surface area (Å²) >= 11 is 3.57. The summed E-state index contributed by atoms with van der Waals surface area (Å²) in [5, 5.41) is 4.70. The van der Waals surface area contributed by atoms with Gasteiger partial charge in [-0.1, -0.05) is 19.1 Å². The van der Waals surface area contributed by atoms with Gasteiger partial charge in [-0.05, 0) is 47.8 Å². The zero-order valence-corrected chi connectivity index (χ0v) is 12.1. The van der Waals surface area contributed by atoms with Crippen LogP contribution < -0.4 is 5.32 Å². The molecule has 0 aliphatic carbocycles. The lowest BCUT2D eigenvalue weighted by atomic mass is 10.1. The molecule has 90 valence electrons. The van der Waals surface area contributed by atoms with E-state index in [4.69, 9.17) is 0 Å². The van der Waals surface area contributed by atoms with E-state index in [0.29, 0.717) is 0 Å². The van der Waals surface area contributed by atoms with Crippen LogP contribution in [0.3, 0.4) is 0 Å². The molecule has 0 aliphatic rings. The monoisotopic (exact) mass is 292 g/mol. The molecule has 0 atom stereocenters. The summed E-state index contributed by atoms with van der Waals surface area (Å²) in [6.07, 6.45) is 1.12. The van der Waals surface area contributed by atoms with E-state index in [1.807, 2.05) is 6.07 Å². The Labute approximate surface area is 111 Å². The van der Waals surface area contributed by atoms with Crippen LogP contribution in [0.1, 0.15) is 24.6 Å². The Morgan fingerprint density at radius 3 is 2.76 bits per heavy atom. The highest BCUT2D eigenvalue weighted by molar-refractivity contribution is 9.10. The highest BCUT2D eigenvalue weighted by Gasteiger charge is 2.10. The summed E-state index contributed by atoms with van der Waals surface area (Å²) in [7, 11) is 0.